The van der Waals surface area contributed by atoms with Crippen LogP contribution in [-0.4, -0.2) is 15.2 Å². The van der Waals surface area contributed by atoms with Gasteiger partial charge in [0.25, 0.3) is 0 Å². The van der Waals surface area contributed by atoms with Gasteiger partial charge in [-0.1, -0.05) is 48.3 Å². The van der Waals surface area contributed by atoms with E-state index in [9.17, 15) is 5.11 Å². The monoisotopic (exact) mass is 246 g/mol. The molecule has 4 heteroatoms. The van der Waals surface area contributed by atoms with Crippen LogP contribution >= 0.6 is 0 Å². The molecule has 0 aliphatic carbocycles. The van der Waals surface area contributed by atoms with Crippen molar-refractivity contribution in [2.45, 2.75) is 39.2 Å². The van der Waals surface area contributed by atoms with Crippen molar-refractivity contribution >= 4 is 0 Å². The lowest BCUT2D eigenvalue weighted by atomic mass is 10.1. The standard InChI is InChI=1S/C14H18N2O2/c1-3-4-12(17)14-15-13(18-16-14)9-11-7-5-10(2)6-8-11/h5-8,12,17H,3-4,9H2,1-2H3. The normalized spacial score (nSPS) is 12.6. The van der Waals surface area contributed by atoms with Crippen molar-refractivity contribution in [3.63, 3.8) is 0 Å². The number of aromatic nitrogens is 2. The largest absolute Gasteiger partial charge is 0.385 e. The molecule has 96 valence electrons. The van der Waals surface area contributed by atoms with Crippen molar-refractivity contribution in [1.82, 2.24) is 10.1 Å². The lowest BCUT2D eigenvalue weighted by Crippen LogP contribution is -1.99. The maximum absolute atomic E-state index is 9.75. The maximum Gasteiger partial charge on any atom is 0.231 e. The fraction of sp³-hybridized carbons (Fsp3) is 0.429. The van der Waals surface area contributed by atoms with Crippen LogP contribution in [0.25, 0.3) is 0 Å². The van der Waals surface area contributed by atoms with Crippen LogP contribution in [0.3, 0.4) is 0 Å². The summed E-state index contributed by atoms with van der Waals surface area (Å²) in [5.74, 6) is 0.933. The first-order valence-electron chi connectivity index (χ1n) is 6.25. The second kappa shape index (κ2) is 5.78. The van der Waals surface area contributed by atoms with Gasteiger partial charge in [0.15, 0.2) is 5.82 Å². The Morgan fingerprint density at radius 3 is 2.67 bits per heavy atom. The highest BCUT2D eigenvalue weighted by Crippen LogP contribution is 2.16. The molecule has 0 aliphatic rings. The Balaban J connectivity index is 2.04. The van der Waals surface area contributed by atoms with Gasteiger partial charge in [0.2, 0.25) is 5.89 Å². The Morgan fingerprint density at radius 1 is 1.28 bits per heavy atom. The summed E-state index contributed by atoms with van der Waals surface area (Å²) in [6.07, 6.45) is 1.53. The third kappa shape index (κ3) is 3.17. The topological polar surface area (TPSA) is 59.2 Å². The van der Waals surface area contributed by atoms with E-state index in [0.29, 0.717) is 24.6 Å². The molecule has 1 heterocycles. The van der Waals surface area contributed by atoms with Crippen molar-refractivity contribution in [2.24, 2.45) is 0 Å². The minimum absolute atomic E-state index is 0.388. The smallest absolute Gasteiger partial charge is 0.231 e. The first kappa shape index (κ1) is 12.8. The van der Waals surface area contributed by atoms with Gasteiger partial charge in [-0.25, -0.2) is 0 Å². The lowest BCUT2D eigenvalue weighted by Gasteiger charge is -2.01. The number of hydrogen-bond acceptors (Lipinski definition) is 4. The van der Waals surface area contributed by atoms with Crippen LogP contribution in [0.1, 0.15) is 48.7 Å². The number of aryl methyl sites for hydroxylation is 1. The summed E-state index contributed by atoms with van der Waals surface area (Å²) in [4.78, 5) is 4.22. The van der Waals surface area contributed by atoms with E-state index in [2.05, 4.69) is 29.2 Å². The second-order valence-corrected chi connectivity index (χ2v) is 4.51. The zero-order chi connectivity index (χ0) is 13.0. The van der Waals surface area contributed by atoms with Crippen molar-refractivity contribution < 1.29 is 9.63 Å². The van der Waals surface area contributed by atoms with Gasteiger partial charge < -0.3 is 9.63 Å². The molecule has 0 saturated heterocycles. The summed E-state index contributed by atoms with van der Waals surface area (Å²) in [5, 5.41) is 13.6. The predicted octanol–water partition coefficient (Wildman–Crippen LogP) is 2.80. The van der Waals surface area contributed by atoms with Crippen LogP contribution in [0.4, 0.5) is 0 Å². The van der Waals surface area contributed by atoms with Gasteiger partial charge in [0, 0.05) is 0 Å². The molecule has 2 aromatic rings. The molecule has 1 aromatic heterocycles. The molecule has 1 N–H and O–H groups in total. The Bertz CT molecular complexity index is 491. The Kier molecular flexibility index (Phi) is 4.10. The number of hydrogen-bond donors (Lipinski definition) is 1. The van der Waals surface area contributed by atoms with Crippen molar-refractivity contribution in [1.29, 1.82) is 0 Å². The molecule has 0 aliphatic heterocycles. The Hall–Kier alpha value is -1.68. The molecule has 0 radical (unpaired) electrons. The Labute approximate surface area is 107 Å². The van der Waals surface area contributed by atoms with E-state index in [1.165, 1.54) is 5.56 Å². The average molecular weight is 246 g/mol. The number of benzene rings is 1. The number of aliphatic hydroxyl groups is 1. The van der Waals surface area contributed by atoms with E-state index in [-0.39, 0.29) is 0 Å². The molecule has 1 unspecified atom stereocenters. The van der Waals surface area contributed by atoms with Crippen LogP contribution in [0.2, 0.25) is 0 Å². The van der Waals surface area contributed by atoms with E-state index in [4.69, 9.17) is 4.52 Å². The first-order chi connectivity index (χ1) is 8.69. The van der Waals surface area contributed by atoms with Crippen LogP contribution in [0.5, 0.6) is 0 Å². The molecule has 0 amide bonds. The summed E-state index contributed by atoms with van der Waals surface area (Å²) in [5.41, 5.74) is 2.35. The zero-order valence-electron chi connectivity index (χ0n) is 10.8. The minimum Gasteiger partial charge on any atom is -0.385 e. The van der Waals surface area contributed by atoms with E-state index < -0.39 is 6.10 Å². The summed E-state index contributed by atoms with van der Waals surface area (Å²) < 4.78 is 5.15. The molecule has 1 atom stereocenters. The van der Waals surface area contributed by atoms with Crippen LogP contribution in [0.15, 0.2) is 28.8 Å². The van der Waals surface area contributed by atoms with Crippen molar-refractivity contribution in [3.05, 3.63) is 47.1 Å². The fourth-order valence-corrected chi connectivity index (χ4v) is 1.76. The molecular weight excluding hydrogens is 228 g/mol. The van der Waals surface area contributed by atoms with Gasteiger partial charge in [0.1, 0.15) is 6.10 Å². The van der Waals surface area contributed by atoms with Gasteiger partial charge in [-0.05, 0) is 18.9 Å². The highest BCUT2D eigenvalue weighted by atomic mass is 16.5. The molecule has 18 heavy (non-hydrogen) atoms. The quantitative estimate of drug-likeness (QED) is 0.881. The summed E-state index contributed by atoms with van der Waals surface area (Å²) >= 11 is 0. The van der Waals surface area contributed by atoms with Gasteiger partial charge in [-0.15, -0.1) is 0 Å². The molecule has 1 aromatic carbocycles. The number of aliphatic hydroxyl groups excluding tert-OH is 1. The van der Waals surface area contributed by atoms with E-state index in [1.807, 2.05) is 19.1 Å². The molecular formula is C14H18N2O2. The molecule has 4 nitrogen and oxygen atoms in total. The number of nitrogens with zero attached hydrogens (tertiary/aromatic N) is 2. The van der Waals surface area contributed by atoms with E-state index in [1.54, 1.807) is 0 Å². The van der Waals surface area contributed by atoms with Crippen molar-refractivity contribution in [2.75, 3.05) is 0 Å². The van der Waals surface area contributed by atoms with Crippen molar-refractivity contribution in [3.8, 4) is 0 Å². The molecule has 2 rings (SSSR count). The third-order valence-electron chi connectivity index (χ3n) is 2.82. The summed E-state index contributed by atoms with van der Waals surface area (Å²) in [6.45, 7) is 4.06. The van der Waals surface area contributed by atoms with Crippen LogP contribution < -0.4 is 0 Å². The lowest BCUT2D eigenvalue weighted by molar-refractivity contribution is 0.153. The van der Waals surface area contributed by atoms with Crippen LogP contribution in [-0.2, 0) is 6.42 Å². The van der Waals surface area contributed by atoms with Gasteiger partial charge >= 0.3 is 0 Å². The fourth-order valence-electron chi connectivity index (χ4n) is 1.76. The highest BCUT2D eigenvalue weighted by Gasteiger charge is 2.14. The maximum atomic E-state index is 9.75. The molecule has 0 saturated carbocycles. The van der Waals surface area contributed by atoms with Gasteiger partial charge in [-0.2, -0.15) is 4.98 Å². The molecule has 0 spiro atoms. The number of rotatable bonds is 5. The minimum atomic E-state index is -0.620. The van der Waals surface area contributed by atoms with E-state index in [0.717, 1.165) is 12.0 Å². The highest BCUT2D eigenvalue weighted by molar-refractivity contribution is 5.23. The molecule has 0 fully saturated rings. The van der Waals surface area contributed by atoms with Gasteiger partial charge in [-0.3, -0.25) is 0 Å². The van der Waals surface area contributed by atoms with E-state index >= 15 is 0 Å². The zero-order valence-corrected chi connectivity index (χ0v) is 10.8. The third-order valence-corrected chi connectivity index (χ3v) is 2.82. The second-order valence-electron chi connectivity index (χ2n) is 4.51. The Morgan fingerprint density at radius 2 is 2.00 bits per heavy atom. The van der Waals surface area contributed by atoms with Gasteiger partial charge in [0.05, 0.1) is 6.42 Å². The predicted molar refractivity (Wildman–Crippen MR) is 68.2 cm³/mol. The average Bonchev–Trinajstić information content (AvgIpc) is 2.81. The molecule has 0 bridgehead atoms. The summed E-state index contributed by atoms with van der Waals surface area (Å²) in [6, 6.07) is 8.19. The van der Waals surface area contributed by atoms with Crippen LogP contribution in [0, 0.1) is 6.92 Å². The summed E-state index contributed by atoms with van der Waals surface area (Å²) in [7, 11) is 0. The first-order valence-corrected chi connectivity index (χ1v) is 6.25. The SMILES string of the molecule is CCCC(O)c1noc(Cc2ccc(C)cc2)n1.